The average Bonchev–Trinajstić information content (AvgIpc) is 2.40. The smallest absolute Gasteiger partial charge is 0.271 e. The van der Waals surface area contributed by atoms with Crippen LogP contribution in [0.5, 0.6) is 5.75 Å². The Balaban J connectivity index is 2.15. The van der Waals surface area contributed by atoms with Crippen molar-refractivity contribution in [3.8, 4) is 5.75 Å². The van der Waals surface area contributed by atoms with E-state index < -0.39 is 4.92 Å². The van der Waals surface area contributed by atoms with Crippen molar-refractivity contribution in [1.29, 1.82) is 0 Å². The van der Waals surface area contributed by atoms with Crippen molar-refractivity contribution in [3.05, 3.63) is 57.1 Å². The summed E-state index contributed by atoms with van der Waals surface area (Å²) in [4.78, 5) is 10.8. The van der Waals surface area contributed by atoms with Gasteiger partial charge in [-0.2, -0.15) is 0 Å². The van der Waals surface area contributed by atoms with Crippen LogP contribution in [0.4, 0.5) is 11.4 Å². The number of hydrogen-bond donors (Lipinski definition) is 3. The van der Waals surface area contributed by atoms with Gasteiger partial charge in [-0.25, -0.2) is 0 Å². The highest BCUT2D eigenvalue weighted by atomic mass is 35.5. The number of phenolic OH excluding ortho intramolecular Hbond substituents is 1. The zero-order valence-electron chi connectivity index (χ0n) is 10.2. The van der Waals surface area contributed by atoms with Crippen LogP contribution in [0.1, 0.15) is 5.56 Å². The topological polar surface area (TPSA) is 75.4 Å². The fourth-order valence-electron chi connectivity index (χ4n) is 1.66. The number of nitrogens with zero attached hydrogens (tertiary/aromatic N) is 1. The van der Waals surface area contributed by atoms with Gasteiger partial charge in [0.25, 0.3) is 5.69 Å². The maximum absolute atomic E-state index is 10.6. The van der Waals surface area contributed by atoms with Gasteiger partial charge in [0.1, 0.15) is 5.75 Å². The van der Waals surface area contributed by atoms with Crippen molar-refractivity contribution in [2.45, 2.75) is 11.4 Å². The normalized spacial score (nSPS) is 10.3. The third-order valence-electron chi connectivity index (χ3n) is 2.70. The molecule has 0 heterocycles. The lowest BCUT2D eigenvalue weighted by molar-refractivity contribution is -0.384. The molecule has 2 N–H and O–H groups in total. The predicted molar refractivity (Wildman–Crippen MR) is 80.8 cm³/mol. The maximum atomic E-state index is 10.6. The van der Waals surface area contributed by atoms with Crippen LogP contribution in [-0.4, -0.2) is 10.0 Å². The number of nitro groups is 1. The average molecular weight is 311 g/mol. The minimum Gasteiger partial charge on any atom is -0.508 e. The van der Waals surface area contributed by atoms with E-state index in [4.69, 9.17) is 11.6 Å². The Kier molecular flexibility index (Phi) is 4.36. The van der Waals surface area contributed by atoms with Gasteiger partial charge in [0.15, 0.2) is 0 Å². The molecule has 0 atom stereocenters. The van der Waals surface area contributed by atoms with Crippen LogP contribution in [0.3, 0.4) is 0 Å². The van der Waals surface area contributed by atoms with Gasteiger partial charge in [-0.3, -0.25) is 10.1 Å². The lowest BCUT2D eigenvalue weighted by atomic mass is 10.2. The summed E-state index contributed by atoms with van der Waals surface area (Å²) in [7, 11) is 0. The van der Waals surface area contributed by atoms with Gasteiger partial charge in [-0.1, -0.05) is 11.6 Å². The van der Waals surface area contributed by atoms with Gasteiger partial charge in [0.2, 0.25) is 0 Å². The largest absolute Gasteiger partial charge is 0.508 e. The third-order valence-corrected chi connectivity index (χ3v) is 3.29. The summed E-state index contributed by atoms with van der Waals surface area (Å²) in [6.07, 6.45) is 0. The van der Waals surface area contributed by atoms with Gasteiger partial charge in [0, 0.05) is 29.1 Å². The quantitative estimate of drug-likeness (QED) is 0.455. The highest BCUT2D eigenvalue weighted by molar-refractivity contribution is 7.80. The Morgan fingerprint density at radius 1 is 1.30 bits per heavy atom. The molecular weight excluding hydrogens is 300 g/mol. The van der Waals surface area contributed by atoms with E-state index in [1.54, 1.807) is 18.2 Å². The molecule has 0 fully saturated rings. The first kappa shape index (κ1) is 14.5. The van der Waals surface area contributed by atoms with E-state index in [9.17, 15) is 15.2 Å². The molecule has 20 heavy (non-hydrogen) atoms. The van der Waals surface area contributed by atoms with E-state index in [1.807, 2.05) is 0 Å². The van der Waals surface area contributed by atoms with Crippen LogP contribution in [0.25, 0.3) is 0 Å². The molecule has 0 bridgehead atoms. The van der Waals surface area contributed by atoms with Gasteiger partial charge in [-0.15, -0.1) is 12.6 Å². The fourth-order valence-corrected chi connectivity index (χ4v) is 2.14. The molecule has 0 aromatic heterocycles. The number of hydrogen-bond acceptors (Lipinski definition) is 5. The minimum absolute atomic E-state index is 0.0687. The van der Waals surface area contributed by atoms with Gasteiger partial charge in [-0.05, 0) is 24.3 Å². The van der Waals surface area contributed by atoms with Gasteiger partial charge >= 0.3 is 0 Å². The zero-order valence-corrected chi connectivity index (χ0v) is 11.9. The standard InChI is InChI=1S/C13H11ClN2O3S/c14-11-6-9(16(18)19)1-3-12(11)15-7-8-5-10(20)2-4-13(8)17/h1-6,15,17,20H,7H2. The molecule has 0 aliphatic heterocycles. The molecule has 0 unspecified atom stereocenters. The number of nitrogens with one attached hydrogen (secondary N) is 1. The molecule has 0 spiro atoms. The van der Waals surface area contributed by atoms with Crippen molar-refractivity contribution < 1.29 is 10.0 Å². The molecule has 0 aliphatic rings. The van der Waals surface area contributed by atoms with E-state index in [0.29, 0.717) is 17.8 Å². The summed E-state index contributed by atoms with van der Waals surface area (Å²) < 4.78 is 0. The van der Waals surface area contributed by atoms with Crippen molar-refractivity contribution >= 4 is 35.6 Å². The number of aromatic hydroxyl groups is 1. The minimum atomic E-state index is -0.508. The van der Waals surface area contributed by atoms with Crippen LogP contribution in [0, 0.1) is 10.1 Å². The highest BCUT2D eigenvalue weighted by Gasteiger charge is 2.09. The monoisotopic (exact) mass is 310 g/mol. The fraction of sp³-hybridized carbons (Fsp3) is 0.0769. The van der Waals surface area contributed by atoms with Crippen molar-refractivity contribution in [1.82, 2.24) is 0 Å². The SMILES string of the molecule is O=[N+]([O-])c1ccc(NCc2cc(S)ccc2O)c(Cl)c1. The second-order valence-corrected chi connectivity index (χ2v) is 5.01. The highest BCUT2D eigenvalue weighted by Crippen LogP contribution is 2.28. The number of non-ortho nitro benzene ring substituents is 1. The number of benzene rings is 2. The molecule has 0 aliphatic carbocycles. The Morgan fingerprint density at radius 3 is 2.70 bits per heavy atom. The van der Waals surface area contributed by atoms with Crippen molar-refractivity contribution in [3.63, 3.8) is 0 Å². The third kappa shape index (κ3) is 3.34. The van der Waals surface area contributed by atoms with Crippen LogP contribution in [-0.2, 0) is 6.54 Å². The summed E-state index contributed by atoms with van der Waals surface area (Å²) >= 11 is 10.2. The summed E-state index contributed by atoms with van der Waals surface area (Å²) in [5.41, 5.74) is 1.15. The number of rotatable bonds is 4. The Morgan fingerprint density at radius 2 is 2.05 bits per heavy atom. The summed E-state index contributed by atoms with van der Waals surface area (Å²) in [6.45, 7) is 0.331. The number of anilines is 1. The summed E-state index contributed by atoms with van der Waals surface area (Å²) in [6, 6.07) is 9.13. The molecule has 0 saturated heterocycles. The first-order valence-electron chi connectivity index (χ1n) is 5.66. The molecule has 2 rings (SSSR count). The summed E-state index contributed by atoms with van der Waals surface area (Å²) in [5.74, 6) is 0.147. The van der Waals surface area contributed by atoms with E-state index in [1.165, 1.54) is 18.2 Å². The summed E-state index contributed by atoms with van der Waals surface area (Å²) in [5, 5.41) is 23.6. The first-order chi connectivity index (χ1) is 9.47. The zero-order chi connectivity index (χ0) is 14.7. The Hall–Kier alpha value is -1.92. The van der Waals surface area contributed by atoms with Gasteiger partial charge in [0.05, 0.1) is 15.6 Å². The number of nitro benzene ring substituents is 1. The van der Waals surface area contributed by atoms with Crippen LogP contribution in [0.2, 0.25) is 5.02 Å². The molecule has 2 aromatic rings. The maximum Gasteiger partial charge on any atom is 0.271 e. The molecule has 104 valence electrons. The van der Waals surface area contributed by atoms with Crippen LogP contribution >= 0.6 is 24.2 Å². The molecule has 5 nitrogen and oxygen atoms in total. The lowest BCUT2D eigenvalue weighted by Crippen LogP contribution is -2.01. The predicted octanol–water partition coefficient (Wildman–Crippen LogP) is 3.85. The molecule has 0 saturated carbocycles. The number of halogens is 1. The Labute approximate surface area is 125 Å². The number of phenols is 1. The van der Waals surface area contributed by atoms with E-state index in [-0.39, 0.29) is 16.5 Å². The van der Waals surface area contributed by atoms with E-state index in [2.05, 4.69) is 17.9 Å². The molecule has 7 heteroatoms. The molecular formula is C13H11ClN2O3S. The van der Waals surface area contributed by atoms with Crippen LogP contribution in [0.15, 0.2) is 41.3 Å². The second-order valence-electron chi connectivity index (χ2n) is 4.09. The van der Waals surface area contributed by atoms with Crippen molar-refractivity contribution in [2.75, 3.05) is 5.32 Å². The molecule has 0 amide bonds. The van der Waals surface area contributed by atoms with E-state index >= 15 is 0 Å². The van der Waals surface area contributed by atoms with E-state index in [0.717, 1.165) is 4.90 Å². The Bertz CT molecular complexity index is 664. The second kappa shape index (κ2) is 6.02. The lowest BCUT2D eigenvalue weighted by Gasteiger charge is -2.10. The molecule has 0 radical (unpaired) electrons. The number of thiol groups is 1. The van der Waals surface area contributed by atoms with Crippen molar-refractivity contribution in [2.24, 2.45) is 0 Å². The van der Waals surface area contributed by atoms with Gasteiger partial charge < -0.3 is 10.4 Å². The molecule has 2 aromatic carbocycles. The first-order valence-corrected chi connectivity index (χ1v) is 6.48. The van der Waals surface area contributed by atoms with Crippen LogP contribution < -0.4 is 5.32 Å².